The lowest BCUT2D eigenvalue weighted by Crippen LogP contribution is -2.40. The Morgan fingerprint density at radius 3 is 2.48 bits per heavy atom. The number of rotatable bonds is 7. The van der Waals surface area contributed by atoms with Crippen molar-refractivity contribution >= 4 is 11.8 Å². The fourth-order valence-corrected chi connectivity index (χ4v) is 3.58. The number of amides is 2. The summed E-state index contributed by atoms with van der Waals surface area (Å²) in [5.41, 5.74) is 2.53. The van der Waals surface area contributed by atoms with E-state index in [9.17, 15) is 9.59 Å². The summed E-state index contributed by atoms with van der Waals surface area (Å²) in [6.07, 6.45) is 9.66. The molecule has 6 heteroatoms. The third kappa shape index (κ3) is 5.67. The normalized spacial score (nSPS) is 14.9. The maximum absolute atomic E-state index is 12.3. The summed E-state index contributed by atoms with van der Waals surface area (Å²) < 4.78 is 1.82. The van der Waals surface area contributed by atoms with Crippen molar-refractivity contribution in [3.05, 3.63) is 54.1 Å². The van der Waals surface area contributed by atoms with Crippen molar-refractivity contribution in [2.24, 2.45) is 5.92 Å². The summed E-state index contributed by atoms with van der Waals surface area (Å²) in [6.45, 7) is 2.05. The summed E-state index contributed by atoms with van der Waals surface area (Å²) >= 11 is 0. The highest BCUT2D eigenvalue weighted by atomic mass is 16.2. The molecule has 3 rings (SSSR count). The van der Waals surface area contributed by atoms with Crippen LogP contribution in [-0.2, 0) is 29.0 Å². The molecule has 0 atom stereocenters. The van der Waals surface area contributed by atoms with Gasteiger partial charge in [-0.15, -0.1) is 0 Å². The number of carbonyl (C=O) groups is 2. The van der Waals surface area contributed by atoms with Crippen LogP contribution in [0.5, 0.6) is 0 Å². The van der Waals surface area contributed by atoms with Gasteiger partial charge in [-0.05, 0) is 42.7 Å². The van der Waals surface area contributed by atoms with Crippen LogP contribution >= 0.6 is 0 Å². The van der Waals surface area contributed by atoms with Crippen molar-refractivity contribution in [3.8, 4) is 0 Å². The first-order valence-corrected chi connectivity index (χ1v) is 9.66. The van der Waals surface area contributed by atoms with Gasteiger partial charge in [0.25, 0.3) is 0 Å². The highest BCUT2D eigenvalue weighted by Crippen LogP contribution is 2.22. The number of nitrogens with zero attached hydrogens (tertiary/aromatic N) is 3. The predicted octanol–water partition coefficient (Wildman–Crippen LogP) is 2.04. The van der Waals surface area contributed by atoms with E-state index in [-0.39, 0.29) is 11.8 Å². The van der Waals surface area contributed by atoms with Gasteiger partial charge < -0.3 is 14.8 Å². The molecule has 0 radical (unpaired) electrons. The van der Waals surface area contributed by atoms with Crippen LogP contribution in [0.1, 0.15) is 30.4 Å². The van der Waals surface area contributed by atoms with E-state index in [0.29, 0.717) is 18.9 Å². The molecule has 1 fully saturated rings. The average molecular weight is 368 g/mol. The summed E-state index contributed by atoms with van der Waals surface area (Å²) in [4.78, 5) is 29.6. The van der Waals surface area contributed by atoms with E-state index in [1.165, 1.54) is 11.1 Å². The van der Waals surface area contributed by atoms with Crippen molar-refractivity contribution in [1.82, 2.24) is 19.8 Å². The molecule has 1 aromatic heterocycles. The Morgan fingerprint density at radius 2 is 1.85 bits per heavy atom. The van der Waals surface area contributed by atoms with Crippen LogP contribution < -0.4 is 5.32 Å². The summed E-state index contributed by atoms with van der Waals surface area (Å²) in [5.74, 6) is 0.874. The topological polar surface area (TPSA) is 67.2 Å². The average Bonchev–Trinajstić information content (AvgIpc) is 3.20. The van der Waals surface area contributed by atoms with Gasteiger partial charge in [-0.1, -0.05) is 24.3 Å². The van der Waals surface area contributed by atoms with Crippen molar-refractivity contribution < 1.29 is 9.59 Å². The number of piperidine rings is 1. The molecule has 2 amide bonds. The van der Waals surface area contributed by atoms with Crippen LogP contribution in [0.15, 0.2) is 43.0 Å². The first kappa shape index (κ1) is 19.1. The minimum absolute atomic E-state index is 0.0772. The van der Waals surface area contributed by atoms with Crippen LogP contribution in [0.25, 0.3) is 0 Å². The van der Waals surface area contributed by atoms with Gasteiger partial charge in [0, 0.05) is 39.0 Å². The van der Waals surface area contributed by atoms with E-state index in [2.05, 4.69) is 34.6 Å². The Morgan fingerprint density at radius 1 is 1.15 bits per heavy atom. The van der Waals surface area contributed by atoms with Crippen LogP contribution in [0, 0.1) is 5.92 Å². The van der Waals surface area contributed by atoms with Gasteiger partial charge in [-0.3, -0.25) is 9.59 Å². The third-order valence-corrected chi connectivity index (χ3v) is 5.31. The third-order valence-electron chi connectivity index (χ3n) is 5.31. The van der Waals surface area contributed by atoms with Crippen molar-refractivity contribution in [1.29, 1.82) is 0 Å². The van der Waals surface area contributed by atoms with Crippen LogP contribution in [-0.4, -0.2) is 46.4 Å². The van der Waals surface area contributed by atoms with Gasteiger partial charge in [0.2, 0.25) is 11.8 Å². The minimum Gasteiger partial charge on any atom is -0.359 e. The quantitative estimate of drug-likeness (QED) is 0.813. The molecule has 0 bridgehead atoms. The van der Waals surface area contributed by atoms with Gasteiger partial charge in [-0.2, -0.15) is 0 Å². The molecule has 144 valence electrons. The van der Waals surface area contributed by atoms with Crippen molar-refractivity contribution in [2.45, 2.75) is 38.6 Å². The molecule has 1 saturated heterocycles. The summed E-state index contributed by atoms with van der Waals surface area (Å²) in [5, 5.41) is 2.65. The van der Waals surface area contributed by atoms with Gasteiger partial charge >= 0.3 is 0 Å². The van der Waals surface area contributed by atoms with Gasteiger partial charge in [0.15, 0.2) is 0 Å². The molecule has 0 spiro atoms. The highest BCUT2D eigenvalue weighted by Gasteiger charge is 2.23. The van der Waals surface area contributed by atoms with Gasteiger partial charge in [0.05, 0.1) is 6.33 Å². The van der Waals surface area contributed by atoms with Crippen molar-refractivity contribution in [3.63, 3.8) is 0 Å². The molecule has 1 aliphatic heterocycles. The van der Waals surface area contributed by atoms with Gasteiger partial charge in [0.1, 0.15) is 6.54 Å². The molecular weight excluding hydrogens is 340 g/mol. The number of aryl methyl sites for hydroxylation is 1. The molecule has 1 aromatic carbocycles. The lowest BCUT2D eigenvalue weighted by molar-refractivity contribution is -0.133. The number of carbonyl (C=O) groups excluding carboxylic acids is 2. The van der Waals surface area contributed by atoms with Crippen molar-refractivity contribution in [2.75, 3.05) is 20.1 Å². The largest absolute Gasteiger partial charge is 0.359 e. The fourth-order valence-electron chi connectivity index (χ4n) is 3.58. The number of hydrogen-bond acceptors (Lipinski definition) is 3. The van der Waals surface area contributed by atoms with E-state index in [0.717, 1.165) is 38.8 Å². The zero-order valence-corrected chi connectivity index (χ0v) is 15.9. The van der Waals surface area contributed by atoms with Crippen LogP contribution in [0.3, 0.4) is 0 Å². The lowest BCUT2D eigenvalue weighted by atomic mass is 9.89. The molecule has 2 heterocycles. The summed E-state index contributed by atoms with van der Waals surface area (Å²) in [6, 6.07) is 8.61. The number of imidazole rings is 1. The van der Waals surface area contributed by atoms with E-state index >= 15 is 0 Å². The number of benzene rings is 1. The second-order valence-corrected chi connectivity index (χ2v) is 7.25. The monoisotopic (exact) mass is 368 g/mol. The SMILES string of the molecule is CNC(=O)CCc1ccc(CC2CCN(C(=O)Cn3ccnc3)CC2)cc1. The van der Waals surface area contributed by atoms with E-state index in [4.69, 9.17) is 0 Å². The minimum atomic E-state index is 0.0772. The Labute approximate surface area is 160 Å². The molecule has 1 N–H and O–H groups in total. The standard InChI is InChI=1S/C21H28N4O2/c1-22-20(26)7-6-17-2-4-18(5-3-17)14-19-8-11-25(12-9-19)21(27)15-24-13-10-23-16-24/h2-5,10,13,16,19H,6-9,11-12,14-15H2,1H3,(H,22,26). The second-order valence-electron chi connectivity index (χ2n) is 7.25. The molecule has 1 aliphatic rings. The smallest absolute Gasteiger partial charge is 0.242 e. The summed E-state index contributed by atoms with van der Waals surface area (Å²) in [7, 11) is 1.67. The lowest BCUT2D eigenvalue weighted by Gasteiger charge is -2.32. The Balaban J connectivity index is 1.42. The zero-order chi connectivity index (χ0) is 19.1. The maximum atomic E-state index is 12.3. The molecule has 0 unspecified atom stereocenters. The second kappa shape index (κ2) is 9.35. The number of hydrogen-bond donors (Lipinski definition) is 1. The van der Waals surface area contributed by atoms with Crippen LogP contribution in [0.4, 0.5) is 0 Å². The molecule has 0 saturated carbocycles. The molecule has 2 aromatic rings. The number of likely N-dealkylation sites (tertiary alicyclic amines) is 1. The Kier molecular flexibility index (Phi) is 6.63. The molecule has 0 aliphatic carbocycles. The fraction of sp³-hybridized carbons (Fsp3) is 0.476. The zero-order valence-electron chi connectivity index (χ0n) is 15.9. The highest BCUT2D eigenvalue weighted by molar-refractivity contribution is 5.76. The molecule has 27 heavy (non-hydrogen) atoms. The van der Waals surface area contributed by atoms with Gasteiger partial charge in [-0.25, -0.2) is 4.98 Å². The predicted molar refractivity (Wildman–Crippen MR) is 104 cm³/mol. The number of aromatic nitrogens is 2. The van der Waals surface area contributed by atoms with E-state index in [1.54, 1.807) is 19.6 Å². The molecule has 6 nitrogen and oxygen atoms in total. The first-order valence-electron chi connectivity index (χ1n) is 9.66. The van der Waals surface area contributed by atoms with Crippen LogP contribution in [0.2, 0.25) is 0 Å². The molecular formula is C21H28N4O2. The number of nitrogens with one attached hydrogen (secondary N) is 1. The Hall–Kier alpha value is -2.63. The Bertz CT molecular complexity index is 732. The van der Waals surface area contributed by atoms with E-state index in [1.807, 2.05) is 15.7 Å². The van der Waals surface area contributed by atoms with E-state index < -0.39 is 0 Å². The first-order chi connectivity index (χ1) is 13.1. The maximum Gasteiger partial charge on any atom is 0.242 e.